The molecule has 11 heavy (non-hydrogen) atoms. The molecule has 0 atom stereocenters. The first-order valence-electron chi connectivity index (χ1n) is 4.19. The van der Waals surface area contributed by atoms with Gasteiger partial charge < -0.3 is 0 Å². The normalized spacial score (nSPS) is 10.9. The molecule has 2 nitrogen and oxygen atoms in total. The van der Waals surface area contributed by atoms with Gasteiger partial charge in [-0.2, -0.15) is 5.10 Å². The van der Waals surface area contributed by atoms with E-state index in [2.05, 4.69) is 30.1 Å². The molecule has 2 heteroatoms. The molecule has 1 rings (SSSR count). The SMILES string of the molecule is Cc1cc(CCC(C)C)n[nH]1. The summed E-state index contributed by atoms with van der Waals surface area (Å²) >= 11 is 0. The third-order valence-electron chi connectivity index (χ3n) is 1.74. The molecule has 0 saturated heterocycles. The van der Waals surface area contributed by atoms with Crippen molar-refractivity contribution in [3.05, 3.63) is 17.5 Å². The van der Waals surface area contributed by atoms with Crippen molar-refractivity contribution in [3.63, 3.8) is 0 Å². The molecular weight excluding hydrogens is 136 g/mol. The lowest BCUT2D eigenvalue weighted by Crippen LogP contribution is -1.91. The van der Waals surface area contributed by atoms with Crippen molar-refractivity contribution in [2.75, 3.05) is 0 Å². The lowest BCUT2D eigenvalue weighted by Gasteiger charge is -1.99. The summed E-state index contributed by atoms with van der Waals surface area (Å²) in [7, 11) is 0. The van der Waals surface area contributed by atoms with Gasteiger partial charge in [0.15, 0.2) is 0 Å². The average Bonchev–Trinajstić information content (AvgIpc) is 2.31. The quantitative estimate of drug-likeness (QED) is 0.707. The highest BCUT2D eigenvalue weighted by Crippen LogP contribution is 2.06. The minimum absolute atomic E-state index is 0.770. The van der Waals surface area contributed by atoms with Gasteiger partial charge in [0, 0.05) is 5.69 Å². The number of aromatic nitrogens is 2. The number of hydrogen-bond donors (Lipinski definition) is 1. The molecule has 1 N–H and O–H groups in total. The van der Waals surface area contributed by atoms with Crippen LogP contribution in [0.1, 0.15) is 31.7 Å². The maximum absolute atomic E-state index is 4.16. The molecule has 1 aromatic rings. The van der Waals surface area contributed by atoms with Crippen LogP contribution in [0.15, 0.2) is 6.07 Å². The van der Waals surface area contributed by atoms with Crippen LogP contribution in [-0.2, 0) is 6.42 Å². The van der Waals surface area contributed by atoms with Gasteiger partial charge in [-0.25, -0.2) is 0 Å². The highest BCUT2D eigenvalue weighted by molar-refractivity contribution is 5.06. The fourth-order valence-electron chi connectivity index (χ4n) is 1.04. The van der Waals surface area contributed by atoms with Crippen molar-refractivity contribution < 1.29 is 0 Å². The van der Waals surface area contributed by atoms with Gasteiger partial charge in [-0.1, -0.05) is 13.8 Å². The van der Waals surface area contributed by atoms with Crippen LogP contribution in [0, 0.1) is 12.8 Å². The van der Waals surface area contributed by atoms with Crippen molar-refractivity contribution >= 4 is 0 Å². The van der Waals surface area contributed by atoms with E-state index in [1.165, 1.54) is 12.1 Å². The Morgan fingerprint density at radius 2 is 2.27 bits per heavy atom. The third-order valence-corrected chi connectivity index (χ3v) is 1.74. The molecule has 0 unspecified atom stereocenters. The van der Waals surface area contributed by atoms with Gasteiger partial charge in [0.2, 0.25) is 0 Å². The van der Waals surface area contributed by atoms with Crippen molar-refractivity contribution in [1.29, 1.82) is 0 Å². The Balaban J connectivity index is 2.39. The second-order valence-corrected chi connectivity index (χ2v) is 3.47. The van der Waals surface area contributed by atoms with Crippen LogP contribution in [0.25, 0.3) is 0 Å². The summed E-state index contributed by atoms with van der Waals surface area (Å²) in [5.41, 5.74) is 2.35. The van der Waals surface area contributed by atoms with Gasteiger partial charge in [0.25, 0.3) is 0 Å². The second-order valence-electron chi connectivity index (χ2n) is 3.47. The van der Waals surface area contributed by atoms with Crippen molar-refractivity contribution in [2.45, 2.75) is 33.6 Å². The smallest absolute Gasteiger partial charge is 0.0625 e. The van der Waals surface area contributed by atoms with Gasteiger partial charge in [0.1, 0.15) is 0 Å². The topological polar surface area (TPSA) is 28.7 Å². The number of nitrogens with zero attached hydrogens (tertiary/aromatic N) is 1. The fraction of sp³-hybridized carbons (Fsp3) is 0.667. The summed E-state index contributed by atoms with van der Waals surface area (Å²) in [4.78, 5) is 0. The van der Waals surface area contributed by atoms with Crippen molar-refractivity contribution in [1.82, 2.24) is 10.2 Å². The zero-order valence-electron chi connectivity index (χ0n) is 7.52. The van der Waals surface area contributed by atoms with Gasteiger partial charge in [-0.05, 0) is 31.7 Å². The van der Waals surface area contributed by atoms with Crippen molar-refractivity contribution in [3.8, 4) is 0 Å². The molecule has 0 aliphatic rings. The summed E-state index contributed by atoms with van der Waals surface area (Å²) in [6.45, 7) is 6.50. The first kappa shape index (κ1) is 8.31. The molecule has 0 radical (unpaired) electrons. The molecule has 0 saturated carbocycles. The van der Waals surface area contributed by atoms with Crippen LogP contribution in [0.3, 0.4) is 0 Å². The van der Waals surface area contributed by atoms with Crippen LogP contribution in [0.5, 0.6) is 0 Å². The van der Waals surface area contributed by atoms with Crippen LogP contribution >= 0.6 is 0 Å². The van der Waals surface area contributed by atoms with Gasteiger partial charge in [-0.3, -0.25) is 5.10 Å². The number of rotatable bonds is 3. The van der Waals surface area contributed by atoms with E-state index in [9.17, 15) is 0 Å². The van der Waals surface area contributed by atoms with E-state index in [0.29, 0.717) is 0 Å². The Morgan fingerprint density at radius 1 is 1.55 bits per heavy atom. The summed E-state index contributed by atoms with van der Waals surface area (Å²) < 4.78 is 0. The molecule has 1 heterocycles. The Kier molecular flexibility index (Phi) is 2.69. The third kappa shape index (κ3) is 2.74. The number of aryl methyl sites for hydroxylation is 2. The molecule has 0 aromatic carbocycles. The lowest BCUT2D eigenvalue weighted by atomic mass is 10.1. The van der Waals surface area contributed by atoms with Crippen LogP contribution in [0.4, 0.5) is 0 Å². The second kappa shape index (κ2) is 3.56. The summed E-state index contributed by atoms with van der Waals surface area (Å²) in [6, 6.07) is 2.11. The number of aromatic amines is 1. The number of hydrogen-bond acceptors (Lipinski definition) is 1. The highest BCUT2D eigenvalue weighted by Gasteiger charge is 1.99. The van der Waals surface area contributed by atoms with Crippen LogP contribution < -0.4 is 0 Å². The molecule has 0 spiro atoms. The number of nitrogens with one attached hydrogen (secondary N) is 1. The predicted molar refractivity (Wildman–Crippen MR) is 46.5 cm³/mol. The van der Waals surface area contributed by atoms with Gasteiger partial charge in [0.05, 0.1) is 5.69 Å². The summed E-state index contributed by atoms with van der Waals surface area (Å²) in [5, 5.41) is 7.11. The molecule has 62 valence electrons. The average molecular weight is 152 g/mol. The zero-order chi connectivity index (χ0) is 8.27. The van der Waals surface area contributed by atoms with E-state index in [-0.39, 0.29) is 0 Å². The molecule has 0 fully saturated rings. The van der Waals surface area contributed by atoms with Gasteiger partial charge in [-0.15, -0.1) is 0 Å². The highest BCUT2D eigenvalue weighted by atomic mass is 15.1. The minimum Gasteiger partial charge on any atom is -0.283 e. The minimum atomic E-state index is 0.770. The van der Waals surface area contributed by atoms with Gasteiger partial charge >= 0.3 is 0 Å². The molecule has 0 amide bonds. The Bertz CT molecular complexity index is 213. The first-order valence-corrected chi connectivity index (χ1v) is 4.19. The van der Waals surface area contributed by atoms with Crippen molar-refractivity contribution in [2.24, 2.45) is 5.92 Å². The Hall–Kier alpha value is -0.790. The molecule has 1 aromatic heterocycles. The van der Waals surface area contributed by atoms with E-state index in [1.54, 1.807) is 0 Å². The summed E-state index contributed by atoms with van der Waals surface area (Å²) in [5.74, 6) is 0.770. The first-order chi connectivity index (χ1) is 5.18. The van der Waals surface area contributed by atoms with Crippen LogP contribution in [0.2, 0.25) is 0 Å². The molecule has 0 bridgehead atoms. The van der Waals surface area contributed by atoms with E-state index in [1.807, 2.05) is 6.92 Å². The molecule has 0 aliphatic heterocycles. The van der Waals surface area contributed by atoms with E-state index in [4.69, 9.17) is 0 Å². The number of H-pyrrole nitrogens is 1. The largest absolute Gasteiger partial charge is 0.283 e. The molecular formula is C9H16N2. The maximum Gasteiger partial charge on any atom is 0.0625 e. The summed E-state index contributed by atoms with van der Waals surface area (Å²) in [6.07, 6.45) is 2.33. The lowest BCUT2D eigenvalue weighted by molar-refractivity contribution is 0.581. The zero-order valence-corrected chi connectivity index (χ0v) is 7.52. The van der Waals surface area contributed by atoms with Crippen LogP contribution in [-0.4, -0.2) is 10.2 Å². The van der Waals surface area contributed by atoms with E-state index in [0.717, 1.165) is 18.0 Å². The predicted octanol–water partition coefficient (Wildman–Crippen LogP) is 2.31. The van der Waals surface area contributed by atoms with E-state index < -0.39 is 0 Å². The maximum atomic E-state index is 4.16. The Morgan fingerprint density at radius 3 is 2.73 bits per heavy atom. The van der Waals surface area contributed by atoms with E-state index >= 15 is 0 Å². The Labute approximate surface area is 68.0 Å². The molecule has 0 aliphatic carbocycles. The standard InChI is InChI=1S/C9H16N2/c1-7(2)4-5-9-6-8(3)10-11-9/h6-7H,4-5H2,1-3H3,(H,10,11). The fourth-order valence-corrected chi connectivity index (χ4v) is 1.04. The monoisotopic (exact) mass is 152 g/mol.